The Morgan fingerprint density at radius 2 is 2.20 bits per heavy atom. The van der Waals surface area contributed by atoms with Crippen LogP contribution in [0.2, 0.25) is 0 Å². The maximum absolute atomic E-state index is 4.63. The Kier molecular flexibility index (Phi) is 2.91. The van der Waals surface area contributed by atoms with Gasteiger partial charge >= 0.3 is 0 Å². The van der Waals surface area contributed by atoms with Crippen LogP contribution in [0.4, 0.5) is 5.13 Å². The fraction of sp³-hybridized carbons (Fsp3) is 0.417. The highest BCUT2D eigenvalue weighted by Crippen LogP contribution is 2.31. The molecule has 0 aliphatic carbocycles. The lowest BCUT2D eigenvalue weighted by atomic mass is 10.0. The van der Waals surface area contributed by atoms with Crippen LogP contribution in [0.25, 0.3) is 10.2 Å². The lowest BCUT2D eigenvalue weighted by Gasteiger charge is -2.04. The highest BCUT2D eigenvalue weighted by molar-refractivity contribution is 7.22. The van der Waals surface area contributed by atoms with E-state index in [1.165, 1.54) is 10.3 Å². The van der Waals surface area contributed by atoms with Crippen molar-refractivity contribution in [3.63, 3.8) is 0 Å². The van der Waals surface area contributed by atoms with Crippen molar-refractivity contribution in [3.05, 3.63) is 23.8 Å². The summed E-state index contributed by atoms with van der Waals surface area (Å²) in [6.07, 6.45) is 0. The molecule has 1 aromatic heterocycles. The topological polar surface area (TPSA) is 24.9 Å². The van der Waals surface area contributed by atoms with Gasteiger partial charge in [0, 0.05) is 6.54 Å². The van der Waals surface area contributed by atoms with Crippen LogP contribution in [0.1, 0.15) is 32.3 Å². The normalized spacial score (nSPS) is 11.2. The van der Waals surface area contributed by atoms with E-state index < -0.39 is 0 Å². The average Bonchev–Trinajstić information content (AvgIpc) is 2.59. The molecule has 15 heavy (non-hydrogen) atoms. The zero-order valence-corrected chi connectivity index (χ0v) is 10.2. The van der Waals surface area contributed by atoms with Gasteiger partial charge in [-0.2, -0.15) is 0 Å². The van der Waals surface area contributed by atoms with E-state index in [2.05, 4.69) is 49.3 Å². The number of thiazole rings is 1. The minimum atomic E-state index is 0.533. The molecule has 0 aliphatic rings. The Hall–Kier alpha value is -1.09. The Morgan fingerprint density at radius 3 is 2.87 bits per heavy atom. The van der Waals surface area contributed by atoms with Crippen molar-refractivity contribution in [2.24, 2.45) is 0 Å². The molecule has 0 bridgehead atoms. The van der Waals surface area contributed by atoms with Crippen molar-refractivity contribution in [2.75, 3.05) is 11.9 Å². The number of para-hydroxylation sites is 1. The SMILES string of the molecule is CCNc1nc2c(C(C)C)cccc2s1. The predicted octanol–water partition coefficient (Wildman–Crippen LogP) is 3.85. The maximum Gasteiger partial charge on any atom is 0.183 e. The molecule has 0 saturated heterocycles. The van der Waals surface area contributed by atoms with Gasteiger partial charge in [0.2, 0.25) is 0 Å². The van der Waals surface area contributed by atoms with Crippen LogP contribution >= 0.6 is 11.3 Å². The Morgan fingerprint density at radius 1 is 1.40 bits per heavy atom. The van der Waals surface area contributed by atoms with E-state index in [9.17, 15) is 0 Å². The van der Waals surface area contributed by atoms with Gasteiger partial charge in [0.1, 0.15) is 0 Å². The summed E-state index contributed by atoms with van der Waals surface area (Å²) in [5.74, 6) is 0.533. The van der Waals surface area contributed by atoms with Crippen molar-refractivity contribution in [1.29, 1.82) is 0 Å². The van der Waals surface area contributed by atoms with Crippen LogP contribution in [-0.2, 0) is 0 Å². The van der Waals surface area contributed by atoms with E-state index in [4.69, 9.17) is 0 Å². The van der Waals surface area contributed by atoms with Crippen LogP contribution < -0.4 is 5.32 Å². The van der Waals surface area contributed by atoms with Gasteiger partial charge < -0.3 is 5.32 Å². The Labute approximate surface area is 94.3 Å². The quantitative estimate of drug-likeness (QED) is 0.849. The highest BCUT2D eigenvalue weighted by Gasteiger charge is 2.09. The zero-order chi connectivity index (χ0) is 10.8. The molecule has 2 rings (SSSR count). The van der Waals surface area contributed by atoms with Crippen molar-refractivity contribution in [1.82, 2.24) is 4.98 Å². The van der Waals surface area contributed by atoms with Gasteiger partial charge in [-0.1, -0.05) is 37.3 Å². The van der Waals surface area contributed by atoms with Gasteiger partial charge in [-0.05, 0) is 24.5 Å². The lowest BCUT2D eigenvalue weighted by molar-refractivity contribution is 0.873. The molecule has 0 atom stereocenters. The van der Waals surface area contributed by atoms with Gasteiger partial charge in [-0.15, -0.1) is 0 Å². The van der Waals surface area contributed by atoms with Crippen LogP contribution in [0, 0.1) is 0 Å². The summed E-state index contributed by atoms with van der Waals surface area (Å²) in [7, 11) is 0. The van der Waals surface area contributed by atoms with Gasteiger partial charge in [0.15, 0.2) is 5.13 Å². The summed E-state index contributed by atoms with van der Waals surface area (Å²) in [5.41, 5.74) is 2.50. The number of hydrogen-bond donors (Lipinski definition) is 1. The number of anilines is 1. The largest absolute Gasteiger partial charge is 0.362 e. The number of nitrogens with zero attached hydrogens (tertiary/aromatic N) is 1. The van der Waals surface area contributed by atoms with Crippen LogP contribution in [0.3, 0.4) is 0 Å². The molecule has 1 aromatic carbocycles. The molecule has 2 aromatic rings. The molecule has 0 saturated carbocycles. The number of rotatable bonds is 3. The van der Waals surface area contributed by atoms with E-state index in [1.54, 1.807) is 11.3 Å². The van der Waals surface area contributed by atoms with Gasteiger partial charge in [0.05, 0.1) is 10.2 Å². The molecule has 0 aliphatic heterocycles. The van der Waals surface area contributed by atoms with Crippen LogP contribution in [0.15, 0.2) is 18.2 Å². The second kappa shape index (κ2) is 4.19. The van der Waals surface area contributed by atoms with E-state index in [-0.39, 0.29) is 0 Å². The summed E-state index contributed by atoms with van der Waals surface area (Å²) < 4.78 is 1.28. The molecular formula is C12H16N2S. The molecule has 80 valence electrons. The third kappa shape index (κ3) is 1.97. The molecule has 0 unspecified atom stereocenters. The summed E-state index contributed by atoms with van der Waals surface area (Å²) in [4.78, 5) is 4.63. The molecular weight excluding hydrogens is 204 g/mol. The number of benzene rings is 1. The summed E-state index contributed by atoms with van der Waals surface area (Å²) in [5, 5.41) is 4.30. The molecule has 0 amide bonds. The van der Waals surface area contributed by atoms with Gasteiger partial charge in [-0.3, -0.25) is 0 Å². The van der Waals surface area contributed by atoms with Gasteiger partial charge in [0.25, 0.3) is 0 Å². The minimum Gasteiger partial charge on any atom is -0.362 e. The van der Waals surface area contributed by atoms with Crippen LogP contribution in [-0.4, -0.2) is 11.5 Å². The molecule has 0 fully saturated rings. The molecule has 0 spiro atoms. The molecule has 0 radical (unpaired) electrons. The Balaban J connectivity index is 2.54. The number of aromatic nitrogens is 1. The fourth-order valence-corrected chi connectivity index (χ4v) is 2.63. The molecule has 1 N–H and O–H groups in total. The van der Waals surface area contributed by atoms with E-state index >= 15 is 0 Å². The maximum atomic E-state index is 4.63. The predicted molar refractivity (Wildman–Crippen MR) is 67.9 cm³/mol. The van der Waals surface area contributed by atoms with E-state index in [1.807, 2.05) is 0 Å². The molecule has 2 nitrogen and oxygen atoms in total. The number of nitrogens with one attached hydrogen (secondary N) is 1. The van der Waals surface area contributed by atoms with E-state index in [0.717, 1.165) is 17.2 Å². The summed E-state index contributed by atoms with van der Waals surface area (Å²) >= 11 is 1.73. The number of hydrogen-bond acceptors (Lipinski definition) is 3. The summed E-state index contributed by atoms with van der Waals surface area (Å²) in [6.45, 7) is 7.44. The smallest absolute Gasteiger partial charge is 0.183 e. The average molecular weight is 220 g/mol. The second-order valence-electron chi connectivity index (χ2n) is 3.90. The fourth-order valence-electron chi connectivity index (χ4n) is 1.66. The first kappa shape index (κ1) is 10.4. The summed E-state index contributed by atoms with van der Waals surface area (Å²) in [6, 6.07) is 6.42. The highest BCUT2D eigenvalue weighted by atomic mass is 32.1. The first-order valence-corrected chi connectivity index (χ1v) is 6.17. The van der Waals surface area contributed by atoms with Crippen molar-refractivity contribution < 1.29 is 0 Å². The third-order valence-corrected chi connectivity index (χ3v) is 3.38. The first-order chi connectivity index (χ1) is 7.22. The van der Waals surface area contributed by atoms with E-state index in [0.29, 0.717) is 5.92 Å². The lowest BCUT2D eigenvalue weighted by Crippen LogP contribution is -1.95. The van der Waals surface area contributed by atoms with Gasteiger partial charge in [-0.25, -0.2) is 4.98 Å². The minimum absolute atomic E-state index is 0.533. The second-order valence-corrected chi connectivity index (χ2v) is 4.93. The molecule has 1 heterocycles. The van der Waals surface area contributed by atoms with Crippen molar-refractivity contribution >= 4 is 26.7 Å². The standard InChI is InChI=1S/C12H16N2S/c1-4-13-12-14-11-9(8(2)3)6-5-7-10(11)15-12/h5-8H,4H2,1-3H3,(H,13,14). The van der Waals surface area contributed by atoms with Crippen molar-refractivity contribution in [2.45, 2.75) is 26.7 Å². The third-order valence-electron chi connectivity index (χ3n) is 2.40. The molecule has 3 heteroatoms. The van der Waals surface area contributed by atoms with Crippen LogP contribution in [0.5, 0.6) is 0 Å². The first-order valence-electron chi connectivity index (χ1n) is 5.35. The number of fused-ring (bicyclic) bond motifs is 1. The zero-order valence-electron chi connectivity index (χ0n) is 9.37. The monoisotopic (exact) mass is 220 g/mol. The Bertz CT molecular complexity index is 460. The van der Waals surface area contributed by atoms with Crippen molar-refractivity contribution in [3.8, 4) is 0 Å².